The van der Waals surface area contributed by atoms with E-state index >= 15 is 0 Å². The molecule has 6 heteroatoms. The van der Waals surface area contributed by atoms with Gasteiger partial charge in [-0.05, 0) is 37.6 Å². The van der Waals surface area contributed by atoms with Crippen molar-refractivity contribution in [2.75, 3.05) is 0 Å². The molecule has 3 aromatic heterocycles. The summed E-state index contributed by atoms with van der Waals surface area (Å²) >= 11 is 1.63. The molecular weight excluding hydrogens is 310 g/mol. The topological polar surface area (TPSA) is 71.2 Å². The number of hydrogen-bond acceptors (Lipinski definition) is 6. The zero-order valence-electron chi connectivity index (χ0n) is 12.8. The molecule has 5 nitrogen and oxygen atoms in total. The molecule has 120 valence electrons. The van der Waals surface area contributed by atoms with Gasteiger partial charge in [0.25, 0.3) is 0 Å². The van der Waals surface area contributed by atoms with Crippen LogP contribution < -0.4 is 5.32 Å². The molecule has 3 aromatic rings. The maximum absolute atomic E-state index is 10.1. The number of nitrogens with zero attached hydrogens (tertiary/aromatic N) is 2. The Morgan fingerprint density at radius 1 is 1.26 bits per heavy atom. The van der Waals surface area contributed by atoms with Crippen LogP contribution in [0, 0.1) is 0 Å². The fourth-order valence-corrected chi connectivity index (χ4v) is 3.13. The number of furan rings is 1. The highest BCUT2D eigenvalue weighted by Gasteiger charge is 2.15. The standard InChI is InChI=1S/C17H19N3O2S/c1-12(9-15(21)16-6-4-8-22-16)19-10-13-11-20-17(23-13)14-5-2-3-7-18-14/h2-8,11-12,15,19,21H,9-10H2,1H3. The number of nitrogens with one attached hydrogen (secondary N) is 1. The summed E-state index contributed by atoms with van der Waals surface area (Å²) in [6.07, 6.45) is 5.23. The molecule has 0 aromatic carbocycles. The van der Waals surface area contributed by atoms with E-state index in [2.05, 4.69) is 15.3 Å². The largest absolute Gasteiger partial charge is 0.467 e. The van der Waals surface area contributed by atoms with Gasteiger partial charge in [-0.3, -0.25) is 4.98 Å². The first-order valence-electron chi connectivity index (χ1n) is 7.53. The Kier molecular flexibility index (Phi) is 5.17. The van der Waals surface area contributed by atoms with Gasteiger partial charge in [-0.15, -0.1) is 11.3 Å². The van der Waals surface area contributed by atoms with E-state index in [4.69, 9.17) is 4.42 Å². The molecule has 3 heterocycles. The minimum atomic E-state index is -0.585. The van der Waals surface area contributed by atoms with Crippen molar-refractivity contribution in [2.45, 2.75) is 32.0 Å². The summed E-state index contributed by atoms with van der Waals surface area (Å²) in [5, 5.41) is 14.4. The van der Waals surface area contributed by atoms with Crippen molar-refractivity contribution < 1.29 is 9.52 Å². The highest BCUT2D eigenvalue weighted by molar-refractivity contribution is 7.14. The van der Waals surface area contributed by atoms with E-state index in [-0.39, 0.29) is 6.04 Å². The van der Waals surface area contributed by atoms with Crippen molar-refractivity contribution in [3.8, 4) is 10.7 Å². The summed E-state index contributed by atoms with van der Waals surface area (Å²) in [5.74, 6) is 0.605. The first-order chi connectivity index (χ1) is 11.2. The lowest BCUT2D eigenvalue weighted by Gasteiger charge is -2.16. The molecule has 0 aliphatic rings. The van der Waals surface area contributed by atoms with E-state index < -0.39 is 6.10 Å². The number of aliphatic hydroxyl groups is 1. The van der Waals surface area contributed by atoms with Crippen LogP contribution in [0.3, 0.4) is 0 Å². The molecule has 0 saturated carbocycles. The molecule has 0 aliphatic carbocycles. The minimum absolute atomic E-state index is 0.163. The molecular formula is C17H19N3O2S. The Hall–Kier alpha value is -2.02. The van der Waals surface area contributed by atoms with Crippen molar-refractivity contribution >= 4 is 11.3 Å². The van der Waals surface area contributed by atoms with E-state index in [0.717, 1.165) is 22.1 Å². The van der Waals surface area contributed by atoms with Crippen molar-refractivity contribution in [2.24, 2.45) is 0 Å². The lowest BCUT2D eigenvalue weighted by Crippen LogP contribution is -2.27. The molecule has 0 bridgehead atoms. The second kappa shape index (κ2) is 7.50. The maximum atomic E-state index is 10.1. The average Bonchev–Trinajstić information content (AvgIpc) is 3.25. The molecule has 0 aliphatic heterocycles. The van der Waals surface area contributed by atoms with E-state index in [1.54, 1.807) is 35.9 Å². The van der Waals surface area contributed by atoms with Gasteiger partial charge in [0.1, 0.15) is 16.9 Å². The van der Waals surface area contributed by atoms with E-state index in [9.17, 15) is 5.11 Å². The number of hydrogen-bond donors (Lipinski definition) is 2. The van der Waals surface area contributed by atoms with Crippen LogP contribution in [0.2, 0.25) is 0 Å². The predicted octanol–water partition coefficient (Wildman–Crippen LogP) is 3.40. The van der Waals surface area contributed by atoms with Gasteiger partial charge >= 0.3 is 0 Å². The zero-order valence-corrected chi connectivity index (χ0v) is 13.7. The highest BCUT2D eigenvalue weighted by Crippen LogP contribution is 2.23. The van der Waals surface area contributed by atoms with Crippen LogP contribution in [0.4, 0.5) is 0 Å². The summed E-state index contributed by atoms with van der Waals surface area (Å²) in [6, 6.07) is 9.55. The van der Waals surface area contributed by atoms with E-state index in [1.807, 2.05) is 31.3 Å². The third-order valence-corrected chi connectivity index (χ3v) is 4.53. The van der Waals surface area contributed by atoms with Gasteiger partial charge in [0.15, 0.2) is 0 Å². The molecule has 3 rings (SSSR count). The normalized spacial score (nSPS) is 13.8. The predicted molar refractivity (Wildman–Crippen MR) is 89.9 cm³/mol. The Bertz CT molecular complexity index is 713. The van der Waals surface area contributed by atoms with Gasteiger partial charge < -0.3 is 14.8 Å². The third kappa shape index (κ3) is 4.25. The molecule has 2 unspecified atom stereocenters. The number of pyridine rings is 1. The van der Waals surface area contributed by atoms with Crippen LogP contribution in [0.25, 0.3) is 10.7 Å². The Morgan fingerprint density at radius 3 is 2.91 bits per heavy atom. The quantitative estimate of drug-likeness (QED) is 0.695. The summed E-state index contributed by atoms with van der Waals surface area (Å²) < 4.78 is 5.22. The molecule has 0 amide bonds. The summed E-state index contributed by atoms with van der Waals surface area (Å²) in [7, 11) is 0. The third-order valence-electron chi connectivity index (χ3n) is 3.51. The van der Waals surface area contributed by atoms with Crippen molar-refractivity contribution in [1.29, 1.82) is 0 Å². The van der Waals surface area contributed by atoms with Gasteiger partial charge in [-0.2, -0.15) is 0 Å². The first kappa shape index (κ1) is 15.9. The first-order valence-corrected chi connectivity index (χ1v) is 8.35. The average molecular weight is 329 g/mol. The zero-order chi connectivity index (χ0) is 16.1. The summed E-state index contributed by atoms with van der Waals surface area (Å²) in [5.41, 5.74) is 0.894. The second-order valence-electron chi connectivity index (χ2n) is 5.40. The maximum Gasteiger partial charge on any atom is 0.142 e. The van der Waals surface area contributed by atoms with Crippen LogP contribution in [0.5, 0.6) is 0 Å². The molecule has 0 saturated heterocycles. The molecule has 0 spiro atoms. The van der Waals surface area contributed by atoms with E-state index in [1.165, 1.54) is 0 Å². The number of thiazole rings is 1. The van der Waals surface area contributed by atoms with Gasteiger partial charge in [0.2, 0.25) is 0 Å². The van der Waals surface area contributed by atoms with Gasteiger partial charge in [-0.1, -0.05) is 6.07 Å². The van der Waals surface area contributed by atoms with Gasteiger partial charge in [0, 0.05) is 29.9 Å². The number of rotatable bonds is 7. The Balaban J connectivity index is 1.51. The van der Waals surface area contributed by atoms with Gasteiger partial charge in [-0.25, -0.2) is 4.98 Å². The Morgan fingerprint density at radius 2 is 2.17 bits per heavy atom. The van der Waals surface area contributed by atoms with Crippen LogP contribution in [0.15, 0.2) is 53.4 Å². The van der Waals surface area contributed by atoms with Crippen LogP contribution >= 0.6 is 11.3 Å². The van der Waals surface area contributed by atoms with Crippen LogP contribution in [-0.2, 0) is 6.54 Å². The van der Waals surface area contributed by atoms with Crippen molar-refractivity contribution in [3.05, 3.63) is 59.6 Å². The number of aliphatic hydroxyl groups excluding tert-OH is 1. The van der Waals surface area contributed by atoms with Crippen LogP contribution in [0.1, 0.15) is 30.1 Å². The van der Waals surface area contributed by atoms with E-state index in [0.29, 0.717) is 12.2 Å². The smallest absolute Gasteiger partial charge is 0.142 e. The highest BCUT2D eigenvalue weighted by atomic mass is 32.1. The van der Waals surface area contributed by atoms with Crippen molar-refractivity contribution in [1.82, 2.24) is 15.3 Å². The SMILES string of the molecule is CC(CC(O)c1ccco1)NCc1cnc(-c2ccccn2)s1. The molecule has 2 atom stereocenters. The number of aromatic nitrogens is 2. The van der Waals surface area contributed by atoms with Gasteiger partial charge in [0.05, 0.1) is 12.0 Å². The second-order valence-corrected chi connectivity index (χ2v) is 6.51. The van der Waals surface area contributed by atoms with Crippen LogP contribution in [-0.4, -0.2) is 21.1 Å². The minimum Gasteiger partial charge on any atom is -0.467 e. The lowest BCUT2D eigenvalue weighted by molar-refractivity contribution is 0.128. The molecule has 0 fully saturated rings. The lowest BCUT2D eigenvalue weighted by atomic mass is 10.1. The monoisotopic (exact) mass is 329 g/mol. The fraction of sp³-hybridized carbons (Fsp3) is 0.294. The Labute approximate surface area is 139 Å². The summed E-state index contributed by atoms with van der Waals surface area (Å²) in [6.45, 7) is 2.77. The molecule has 23 heavy (non-hydrogen) atoms. The fourth-order valence-electron chi connectivity index (χ4n) is 2.29. The summed E-state index contributed by atoms with van der Waals surface area (Å²) in [4.78, 5) is 9.87. The molecule has 2 N–H and O–H groups in total. The van der Waals surface area contributed by atoms with Crippen molar-refractivity contribution in [3.63, 3.8) is 0 Å². The molecule has 0 radical (unpaired) electrons.